The van der Waals surface area contributed by atoms with Gasteiger partial charge in [0.2, 0.25) is 0 Å². The quantitative estimate of drug-likeness (QED) is 0.803. The molecule has 0 saturated heterocycles. The number of halogens is 2. The van der Waals surface area contributed by atoms with E-state index in [1.165, 1.54) is 6.07 Å². The Morgan fingerprint density at radius 3 is 2.72 bits per heavy atom. The second-order valence-corrected chi connectivity index (χ2v) is 3.63. The molecule has 1 amide bonds. The van der Waals surface area contributed by atoms with Gasteiger partial charge in [0, 0.05) is 6.07 Å². The van der Waals surface area contributed by atoms with E-state index >= 15 is 0 Å². The number of carbonyl (C=O) groups is 1. The molecule has 0 radical (unpaired) electrons. The van der Waals surface area contributed by atoms with Crippen LogP contribution in [0.15, 0.2) is 22.7 Å². The Balaban J connectivity index is 2.29. The molecular formula is C11H9F2N3O2. The maximum atomic E-state index is 13.5. The van der Waals surface area contributed by atoms with E-state index in [4.69, 9.17) is 10.3 Å². The largest absolute Gasteiger partial charge is 0.396 e. The summed E-state index contributed by atoms with van der Waals surface area (Å²) in [5.41, 5.74) is 4.30. The zero-order chi connectivity index (χ0) is 13.3. The lowest BCUT2D eigenvalue weighted by Crippen LogP contribution is -2.15. The van der Waals surface area contributed by atoms with E-state index < -0.39 is 28.8 Å². The highest BCUT2D eigenvalue weighted by molar-refractivity contribution is 6.04. The van der Waals surface area contributed by atoms with Crippen molar-refractivity contribution in [1.29, 1.82) is 0 Å². The number of anilines is 2. The summed E-state index contributed by atoms with van der Waals surface area (Å²) >= 11 is 0. The molecule has 0 aliphatic rings. The van der Waals surface area contributed by atoms with Crippen LogP contribution in [0.4, 0.5) is 20.3 Å². The minimum Gasteiger partial charge on any atom is -0.396 e. The van der Waals surface area contributed by atoms with E-state index in [0.29, 0.717) is 5.76 Å². The van der Waals surface area contributed by atoms with E-state index in [1.807, 2.05) is 0 Å². The molecule has 3 N–H and O–H groups in total. The number of nitrogens with two attached hydrogens (primary N) is 1. The molecule has 5 nitrogen and oxygen atoms in total. The van der Waals surface area contributed by atoms with Crippen LogP contribution in [-0.2, 0) is 0 Å². The zero-order valence-corrected chi connectivity index (χ0v) is 9.33. The maximum Gasteiger partial charge on any atom is 0.260 e. The molecule has 0 aliphatic carbocycles. The molecule has 94 valence electrons. The van der Waals surface area contributed by atoms with Crippen LogP contribution in [0.2, 0.25) is 0 Å². The van der Waals surface area contributed by atoms with Crippen molar-refractivity contribution in [3.8, 4) is 0 Å². The van der Waals surface area contributed by atoms with Gasteiger partial charge in [-0.3, -0.25) is 4.79 Å². The summed E-state index contributed by atoms with van der Waals surface area (Å²) in [7, 11) is 0. The Morgan fingerprint density at radius 1 is 1.39 bits per heavy atom. The standard InChI is InChI=1S/C11H9F2N3O2/c1-5-2-9(16-18-5)15-11(17)7-3-6(12)4-8(14)10(7)13/h2-4H,14H2,1H3,(H,15,16,17). The lowest BCUT2D eigenvalue weighted by atomic mass is 10.1. The number of carbonyl (C=O) groups excluding carboxylic acids is 1. The zero-order valence-electron chi connectivity index (χ0n) is 9.33. The molecular weight excluding hydrogens is 244 g/mol. The first-order valence-corrected chi connectivity index (χ1v) is 4.96. The van der Waals surface area contributed by atoms with Crippen LogP contribution in [0, 0.1) is 18.6 Å². The Morgan fingerprint density at radius 2 is 2.11 bits per heavy atom. The molecule has 1 aromatic carbocycles. The Hall–Kier alpha value is -2.44. The summed E-state index contributed by atoms with van der Waals surface area (Å²) in [6.07, 6.45) is 0. The second-order valence-electron chi connectivity index (χ2n) is 3.63. The number of nitrogen functional groups attached to an aromatic ring is 1. The van der Waals surface area contributed by atoms with Crippen molar-refractivity contribution in [2.24, 2.45) is 0 Å². The first-order valence-electron chi connectivity index (χ1n) is 4.96. The van der Waals surface area contributed by atoms with E-state index in [2.05, 4.69) is 10.5 Å². The lowest BCUT2D eigenvalue weighted by molar-refractivity contribution is 0.102. The van der Waals surface area contributed by atoms with Crippen molar-refractivity contribution in [2.45, 2.75) is 6.92 Å². The predicted molar refractivity (Wildman–Crippen MR) is 60.0 cm³/mol. The van der Waals surface area contributed by atoms with Gasteiger partial charge in [0.05, 0.1) is 11.3 Å². The molecule has 2 aromatic rings. The van der Waals surface area contributed by atoms with E-state index in [1.54, 1.807) is 6.92 Å². The van der Waals surface area contributed by atoms with Gasteiger partial charge >= 0.3 is 0 Å². The van der Waals surface area contributed by atoms with Crippen LogP contribution in [0.3, 0.4) is 0 Å². The normalized spacial score (nSPS) is 10.4. The fourth-order valence-corrected chi connectivity index (χ4v) is 1.38. The van der Waals surface area contributed by atoms with Gasteiger partial charge in [-0.05, 0) is 19.1 Å². The van der Waals surface area contributed by atoms with Crippen LogP contribution in [0.25, 0.3) is 0 Å². The average Bonchev–Trinajstić information content (AvgIpc) is 2.69. The summed E-state index contributed by atoms with van der Waals surface area (Å²) in [6.45, 7) is 1.63. The second kappa shape index (κ2) is 4.44. The van der Waals surface area contributed by atoms with E-state index in [-0.39, 0.29) is 5.82 Å². The van der Waals surface area contributed by atoms with E-state index in [0.717, 1.165) is 12.1 Å². The van der Waals surface area contributed by atoms with Gasteiger partial charge in [0.25, 0.3) is 5.91 Å². The van der Waals surface area contributed by atoms with Crippen LogP contribution >= 0.6 is 0 Å². The highest BCUT2D eigenvalue weighted by Gasteiger charge is 2.17. The fourth-order valence-electron chi connectivity index (χ4n) is 1.38. The molecule has 0 unspecified atom stereocenters. The van der Waals surface area contributed by atoms with Crippen LogP contribution in [0.5, 0.6) is 0 Å². The van der Waals surface area contributed by atoms with Crippen molar-refractivity contribution in [3.63, 3.8) is 0 Å². The highest BCUT2D eigenvalue weighted by atomic mass is 19.1. The Kier molecular flexibility index (Phi) is 2.97. The van der Waals surface area contributed by atoms with Gasteiger partial charge in [-0.1, -0.05) is 5.16 Å². The fraction of sp³-hybridized carbons (Fsp3) is 0.0909. The molecule has 0 aliphatic heterocycles. The smallest absolute Gasteiger partial charge is 0.260 e. The molecule has 18 heavy (non-hydrogen) atoms. The number of aryl methyl sites for hydroxylation is 1. The molecule has 1 heterocycles. The van der Waals surface area contributed by atoms with Crippen molar-refractivity contribution >= 4 is 17.4 Å². The monoisotopic (exact) mass is 253 g/mol. The Labute approximate surface area is 101 Å². The van der Waals surface area contributed by atoms with Crippen LogP contribution in [0.1, 0.15) is 16.1 Å². The van der Waals surface area contributed by atoms with Crippen molar-refractivity contribution < 1.29 is 18.1 Å². The molecule has 0 bridgehead atoms. The third kappa shape index (κ3) is 2.29. The third-order valence-electron chi connectivity index (χ3n) is 2.18. The first-order chi connectivity index (χ1) is 8.47. The van der Waals surface area contributed by atoms with Gasteiger partial charge < -0.3 is 15.6 Å². The molecule has 7 heteroatoms. The van der Waals surface area contributed by atoms with Crippen molar-refractivity contribution in [2.75, 3.05) is 11.1 Å². The predicted octanol–water partition coefficient (Wildman–Crippen LogP) is 2.10. The van der Waals surface area contributed by atoms with Crippen molar-refractivity contribution in [3.05, 3.63) is 41.2 Å². The number of nitrogens with zero attached hydrogens (tertiary/aromatic N) is 1. The number of hydrogen-bond donors (Lipinski definition) is 2. The SMILES string of the molecule is Cc1cc(NC(=O)c2cc(F)cc(N)c2F)no1. The van der Waals surface area contributed by atoms with Gasteiger partial charge in [-0.2, -0.15) is 0 Å². The molecule has 0 atom stereocenters. The number of hydrogen-bond acceptors (Lipinski definition) is 4. The molecule has 0 spiro atoms. The lowest BCUT2D eigenvalue weighted by Gasteiger charge is -2.05. The minimum atomic E-state index is -0.978. The van der Waals surface area contributed by atoms with Gasteiger partial charge in [0.15, 0.2) is 11.6 Å². The van der Waals surface area contributed by atoms with Gasteiger partial charge in [-0.15, -0.1) is 0 Å². The molecule has 1 aromatic heterocycles. The highest BCUT2D eigenvalue weighted by Crippen LogP contribution is 2.19. The third-order valence-corrected chi connectivity index (χ3v) is 2.18. The van der Waals surface area contributed by atoms with Gasteiger partial charge in [-0.25, -0.2) is 8.78 Å². The van der Waals surface area contributed by atoms with Crippen LogP contribution in [-0.4, -0.2) is 11.1 Å². The maximum absolute atomic E-state index is 13.5. The van der Waals surface area contributed by atoms with Crippen LogP contribution < -0.4 is 11.1 Å². The number of aromatic nitrogens is 1. The Bertz CT molecular complexity index is 610. The number of benzene rings is 1. The van der Waals surface area contributed by atoms with Crippen molar-refractivity contribution in [1.82, 2.24) is 5.16 Å². The summed E-state index contributed by atoms with van der Waals surface area (Å²) in [5.74, 6) is -2.04. The minimum absolute atomic E-state index is 0.111. The summed E-state index contributed by atoms with van der Waals surface area (Å²) in [6, 6.07) is 3.00. The molecule has 0 fully saturated rings. The first kappa shape index (κ1) is 12.0. The summed E-state index contributed by atoms with van der Waals surface area (Å²) < 4.78 is 31.3. The van der Waals surface area contributed by atoms with Gasteiger partial charge in [0.1, 0.15) is 11.6 Å². The van der Waals surface area contributed by atoms with E-state index in [9.17, 15) is 13.6 Å². The summed E-state index contributed by atoms with van der Waals surface area (Å²) in [5, 5.41) is 5.77. The number of amides is 1. The average molecular weight is 253 g/mol. The summed E-state index contributed by atoms with van der Waals surface area (Å²) in [4.78, 5) is 11.7. The molecule has 2 rings (SSSR count). The number of nitrogens with one attached hydrogen (secondary N) is 1. The number of rotatable bonds is 2. The topological polar surface area (TPSA) is 81.2 Å². The molecule has 0 saturated carbocycles.